The van der Waals surface area contributed by atoms with Crippen LogP contribution in [0.15, 0.2) is 12.3 Å². The van der Waals surface area contributed by atoms with Crippen LogP contribution in [0.2, 0.25) is 0 Å². The number of aromatic nitrogens is 1. The van der Waals surface area contributed by atoms with E-state index in [2.05, 4.69) is 28.5 Å². The Labute approximate surface area is 122 Å². The molecule has 0 aromatic carbocycles. The summed E-state index contributed by atoms with van der Waals surface area (Å²) in [6.45, 7) is 4.85. The van der Waals surface area contributed by atoms with Crippen LogP contribution >= 0.6 is 0 Å². The van der Waals surface area contributed by atoms with Gasteiger partial charge >= 0.3 is 0 Å². The minimum Gasteiger partial charge on any atom is -0.353 e. The van der Waals surface area contributed by atoms with Crippen molar-refractivity contribution >= 4 is 5.78 Å². The quantitative estimate of drug-likeness (QED) is 0.790. The third-order valence-electron chi connectivity index (χ3n) is 4.36. The Hall–Kier alpha value is -1.13. The van der Waals surface area contributed by atoms with Crippen molar-refractivity contribution in [3.63, 3.8) is 0 Å². The number of rotatable bonds is 4. The molecule has 2 rings (SSSR count). The summed E-state index contributed by atoms with van der Waals surface area (Å²) in [7, 11) is 6.37. The highest BCUT2D eigenvalue weighted by atomic mass is 16.1. The molecule has 1 aromatic rings. The molecule has 20 heavy (non-hydrogen) atoms. The highest BCUT2D eigenvalue weighted by Crippen LogP contribution is 2.17. The van der Waals surface area contributed by atoms with Crippen LogP contribution in [0.3, 0.4) is 0 Å². The summed E-state index contributed by atoms with van der Waals surface area (Å²) in [5.74, 6) is 0.147. The SMILES string of the molecule is CC(=O)c1cc(CN2CCCCC(N(C)C)C2)n(C)c1. The second-order valence-electron chi connectivity index (χ2n) is 6.24. The fourth-order valence-corrected chi connectivity index (χ4v) is 2.95. The zero-order valence-electron chi connectivity index (χ0n) is 13.2. The number of likely N-dealkylation sites (N-methyl/N-ethyl adjacent to an activating group) is 1. The van der Waals surface area contributed by atoms with Crippen LogP contribution in [0.5, 0.6) is 0 Å². The molecule has 112 valence electrons. The number of hydrogen-bond acceptors (Lipinski definition) is 3. The van der Waals surface area contributed by atoms with Crippen molar-refractivity contribution in [1.82, 2.24) is 14.4 Å². The van der Waals surface area contributed by atoms with Crippen molar-refractivity contribution in [2.45, 2.75) is 38.8 Å². The maximum Gasteiger partial charge on any atom is 0.161 e. The first-order chi connectivity index (χ1) is 9.47. The summed E-state index contributed by atoms with van der Waals surface area (Å²) < 4.78 is 2.09. The van der Waals surface area contributed by atoms with Crippen molar-refractivity contribution in [1.29, 1.82) is 0 Å². The normalized spacial score (nSPS) is 21.1. The lowest BCUT2D eigenvalue weighted by atomic mass is 10.1. The lowest BCUT2D eigenvalue weighted by molar-refractivity contribution is 0.101. The van der Waals surface area contributed by atoms with Crippen LogP contribution in [0, 0.1) is 0 Å². The molecule has 1 unspecified atom stereocenters. The first-order valence-electron chi connectivity index (χ1n) is 7.52. The number of nitrogens with zero attached hydrogens (tertiary/aromatic N) is 3. The minimum absolute atomic E-state index is 0.147. The molecule has 4 heteroatoms. The Morgan fingerprint density at radius 1 is 1.40 bits per heavy atom. The van der Waals surface area contributed by atoms with E-state index in [1.807, 2.05) is 19.3 Å². The van der Waals surface area contributed by atoms with Crippen molar-refractivity contribution in [2.75, 3.05) is 27.2 Å². The third-order valence-corrected chi connectivity index (χ3v) is 4.36. The van der Waals surface area contributed by atoms with Gasteiger partial charge in [-0.1, -0.05) is 6.42 Å². The number of aryl methyl sites for hydroxylation is 1. The van der Waals surface area contributed by atoms with Crippen LogP contribution in [0.4, 0.5) is 0 Å². The molecule has 0 N–H and O–H groups in total. The first kappa shape index (κ1) is 15.3. The average molecular weight is 277 g/mol. The second kappa shape index (κ2) is 6.55. The molecular formula is C16H27N3O. The predicted octanol–water partition coefficient (Wildman–Crippen LogP) is 2.14. The van der Waals surface area contributed by atoms with Crippen LogP contribution in [0.25, 0.3) is 0 Å². The molecule has 0 radical (unpaired) electrons. The summed E-state index contributed by atoms with van der Waals surface area (Å²) in [5, 5.41) is 0. The third kappa shape index (κ3) is 3.70. The van der Waals surface area contributed by atoms with E-state index in [1.54, 1.807) is 6.92 Å². The molecule has 1 aliphatic rings. The number of ketones is 1. The molecule has 1 fully saturated rings. The molecular weight excluding hydrogens is 250 g/mol. The number of carbonyl (C=O) groups is 1. The highest BCUT2D eigenvalue weighted by molar-refractivity contribution is 5.94. The Morgan fingerprint density at radius 2 is 2.15 bits per heavy atom. The van der Waals surface area contributed by atoms with Gasteiger partial charge in [-0.15, -0.1) is 0 Å². The Balaban J connectivity index is 2.06. The number of likely N-dealkylation sites (tertiary alicyclic amines) is 1. The van der Waals surface area contributed by atoms with Gasteiger partial charge in [0.25, 0.3) is 0 Å². The number of carbonyl (C=O) groups excluding carboxylic acids is 1. The molecule has 0 saturated carbocycles. The number of hydrogen-bond donors (Lipinski definition) is 0. The maximum absolute atomic E-state index is 11.5. The van der Waals surface area contributed by atoms with E-state index in [9.17, 15) is 4.79 Å². The second-order valence-corrected chi connectivity index (χ2v) is 6.24. The van der Waals surface area contributed by atoms with Gasteiger partial charge in [-0.3, -0.25) is 9.69 Å². The topological polar surface area (TPSA) is 28.5 Å². The van der Waals surface area contributed by atoms with E-state index in [4.69, 9.17) is 0 Å². The molecule has 0 amide bonds. The van der Waals surface area contributed by atoms with E-state index in [0.717, 1.165) is 25.2 Å². The van der Waals surface area contributed by atoms with E-state index >= 15 is 0 Å². The molecule has 1 aromatic heterocycles. The van der Waals surface area contributed by atoms with Gasteiger partial charge in [-0.25, -0.2) is 0 Å². The van der Waals surface area contributed by atoms with Gasteiger partial charge in [0.2, 0.25) is 0 Å². The summed E-state index contributed by atoms with van der Waals surface area (Å²) in [5.41, 5.74) is 2.05. The van der Waals surface area contributed by atoms with Crippen molar-refractivity contribution in [2.24, 2.45) is 7.05 Å². The van der Waals surface area contributed by atoms with Gasteiger partial charge < -0.3 is 9.47 Å². The van der Waals surface area contributed by atoms with Crippen LogP contribution in [-0.4, -0.2) is 53.4 Å². The standard InChI is InChI=1S/C16H27N3O/c1-13(20)14-9-16(18(4)10-14)12-19-8-6-5-7-15(11-19)17(2)3/h9-10,15H,5-8,11-12H2,1-4H3. The van der Waals surface area contributed by atoms with Gasteiger partial charge in [0.05, 0.1) is 0 Å². The zero-order valence-corrected chi connectivity index (χ0v) is 13.2. The monoisotopic (exact) mass is 277 g/mol. The lowest BCUT2D eigenvalue weighted by Gasteiger charge is -2.28. The average Bonchev–Trinajstić information content (AvgIpc) is 2.61. The molecule has 0 spiro atoms. The van der Waals surface area contributed by atoms with Crippen LogP contribution < -0.4 is 0 Å². The van der Waals surface area contributed by atoms with Crippen LogP contribution in [0.1, 0.15) is 42.2 Å². The summed E-state index contributed by atoms with van der Waals surface area (Å²) in [6, 6.07) is 2.68. The summed E-state index contributed by atoms with van der Waals surface area (Å²) in [4.78, 5) is 16.3. The Kier molecular flexibility index (Phi) is 5.00. The summed E-state index contributed by atoms with van der Waals surface area (Å²) in [6.07, 6.45) is 5.81. The summed E-state index contributed by atoms with van der Waals surface area (Å²) >= 11 is 0. The molecule has 0 bridgehead atoms. The van der Waals surface area contributed by atoms with Gasteiger partial charge in [-0.05, 0) is 46.5 Å². The Bertz CT molecular complexity index is 464. The molecule has 1 aliphatic heterocycles. The highest BCUT2D eigenvalue weighted by Gasteiger charge is 2.20. The van der Waals surface area contributed by atoms with E-state index < -0.39 is 0 Å². The van der Waals surface area contributed by atoms with Crippen molar-refractivity contribution in [3.05, 3.63) is 23.5 Å². The van der Waals surface area contributed by atoms with Crippen LogP contribution in [-0.2, 0) is 13.6 Å². The van der Waals surface area contributed by atoms with Gasteiger partial charge in [0.1, 0.15) is 0 Å². The first-order valence-corrected chi connectivity index (χ1v) is 7.52. The van der Waals surface area contributed by atoms with Crippen molar-refractivity contribution < 1.29 is 4.79 Å². The molecule has 1 saturated heterocycles. The fraction of sp³-hybridized carbons (Fsp3) is 0.688. The van der Waals surface area contributed by atoms with Gasteiger partial charge in [0.15, 0.2) is 5.78 Å². The Morgan fingerprint density at radius 3 is 2.75 bits per heavy atom. The molecule has 1 atom stereocenters. The number of Topliss-reactive ketones (excluding diaryl/α,β-unsaturated/α-hetero) is 1. The zero-order chi connectivity index (χ0) is 14.7. The van der Waals surface area contributed by atoms with Gasteiger partial charge in [0, 0.05) is 43.6 Å². The molecule has 4 nitrogen and oxygen atoms in total. The van der Waals surface area contributed by atoms with Gasteiger partial charge in [-0.2, -0.15) is 0 Å². The van der Waals surface area contributed by atoms with E-state index in [-0.39, 0.29) is 5.78 Å². The molecule has 0 aliphatic carbocycles. The smallest absolute Gasteiger partial charge is 0.161 e. The minimum atomic E-state index is 0.147. The largest absolute Gasteiger partial charge is 0.353 e. The van der Waals surface area contributed by atoms with E-state index in [1.165, 1.54) is 25.0 Å². The van der Waals surface area contributed by atoms with Crippen molar-refractivity contribution in [3.8, 4) is 0 Å². The lowest BCUT2D eigenvalue weighted by Crippen LogP contribution is -2.38. The molecule has 2 heterocycles. The van der Waals surface area contributed by atoms with E-state index in [0.29, 0.717) is 6.04 Å². The predicted molar refractivity (Wildman–Crippen MR) is 82.0 cm³/mol. The fourth-order valence-electron chi connectivity index (χ4n) is 2.95. The maximum atomic E-state index is 11.5.